The highest BCUT2D eigenvalue weighted by Crippen LogP contribution is 2.24. The summed E-state index contributed by atoms with van der Waals surface area (Å²) < 4.78 is 11.5. The van der Waals surface area contributed by atoms with Crippen LogP contribution in [0.4, 0.5) is 5.95 Å². The number of aromatic amines is 1. The molecule has 1 aromatic heterocycles. The number of ether oxygens (including phenoxy) is 2. The van der Waals surface area contributed by atoms with Crippen molar-refractivity contribution in [2.75, 3.05) is 18.6 Å². The van der Waals surface area contributed by atoms with Crippen LogP contribution >= 0.6 is 0 Å². The smallest absolute Gasteiger partial charge is 0.222 e. The van der Waals surface area contributed by atoms with Crippen LogP contribution in [0.3, 0.4) is 0 Å². The number of H-pyrrole nitrogens is 1. The molecule has 2 aromatic carbocycles. The van der Waals surface area contributed by atoms with E-state index in [0.717, 1.165) is 40.9 Å². The number of imidazole rings is 1. The number of rotatable bonds is 9. The normalized spacial score (nSPS) is 11.2. The number of benzene rings is 2. The summed E-state index contributed by atoms with van der Waals surface area (Å²) in [6, 6.07) is 13.6. The fraction of sp³-hybridized carbons (Fsp3) is 0.300. The van der Waals surface area contributed by atoms with Crippen molar-refractivity contribution in [1.29, 1.82) is 0 Å². The predicted octanol–water partition coefficient (Wildman–Crippen LogP) is 4.59. The van der Waals surface area contributed by atoms with Gasteiger partial charge in [-0.05, 0) is 37.1 Å². The lowest BCUT2D eigenvalue weighted by atomic mass is 10.2. The van der Waals surface area contributed by atoms with Gasteiger partial charge in [0.1, 0.15) is 11.5 Å². The zero-order chi connectivity index (χ0) is 18.2. The molecule has 0 aliphatic heterocycles. The lowest BCUT2D eigenvalue weighted by molar-refractivity contribution is 0.301. The summed E-state index contributed by atoms with van der Waals surface area (Å²) in [5.41, 5.74) is 5.68. The average Bonchev–Trinajstić information content (AvgIpc) is 3.08. The van der Waals surface area contributed by atoms with Gasteiger partial charge in [0.2, 0.25) is 5.95 Å². The van der Waals surface area contributed by atoms with Gasteiger partial charge in [0.05, 0.1) is 30.5 Å². The number of hydrogen-bond acceptors (Lipinski definition) is 5. The summed E-state index contributed by atoms with van der Waals surface area (Å²) in [7, 11) is 0. The molecule has 6 heteroatoms. The summed E-state index contributed by atoms with van der Waals surface area (Å²) in [6.07, 6.45) is 3.63. The number of hydrogen-bond donors (Lipinski definition) is 2. The van der Waals surface area contributed by atoms with E-state index < -0.39 is 0 Å². The quantitative estimate of drug-likeness (QED) is 0.436. The van der Waals surface area contributed by atoms with Crippen molar-refractivity contribution in [3.8, 4) is 11.5 Å². The van der Waals surface area contributed by atoms with Gasteiger partial charge in [-0.1, -0.05) is 26.0 Å². The van der Waals surface area contributed by atoms with Gasteiger partial charge in [0, 0.05) is 11.6 Å². The third-order valence-corrected chi connectivity index (χ3v) is 3.68. The molecule has 0 amide bonds. The molecule has 0 radical (unpaired) electrons. The van der Waals surface area contributed by atoms with Gasteiger partial charge in [0.25, 0.3) is 0 Å². The zero-order valence-corrected chi connectivity index (χ0v) is 15.2. The molecule has 3 rings (SSSR count). The Morgan fingerprint density at radius 2 is 1.88 bits per heavy atom. The molecular formula is C20H24N4O2. The third kappa shape index (κ3) is 4.53. The molecule has 0 aliphatic rings. The molecule has 0 aliphatic carbocycles. The van der Waals surface area contributed by atoms with E-state index in [9.17, 15) is 0 Å². The molecule has 0 saturated heterocycles. The fourth-order valence-electron chi connectivity index (χ4n) is 2.44. The van der Waals surface area contributed by atoms with Gasteiger partial charge >= 0.3 is 0 Å². The number of nitrogens with zero attached hydrogens (tertiary/aromatic N) is 2. The standard InChI is InChI=1S/C20H24N4O2/c1-3-11-25-16-10-9-15(19(13-16)26-12-4-2)14-21-24-20-22-17-7-5-6-8-18(17)23-20/h5-10,13-14H,3-4,11-12H2,1-2H3,(H2,22,23,24). The predicted molar refractivity (Wildman–Crippen MR) is 105 cm³/mol. The second kappa shape index (κ2) is 8.89. The Kier molecular flexibility index (Phi) is 6.09. The molecule has 6 nitrogen and oxygen atoms in total. The summed E-state index contributed by atoms with van der Waals surface area (Å²) in [6.45, 7) is 5.50. The van der Waals surface area contributed by atoms with Crippen LogP contribution in [0, 0.1) is 0 Å². The molecule has 0 unspecified atom stereocenters. The number of hydrazone groups is 1. The lowest BCUT2D eigenvalue weighted by Crippen LogP contribution is -2.01. The molecular weight excluding hydrogens is 328 g/mol. The highest BCUT2D eigenvalue weighted by molar-refractivity contribution is 5.84. The number of anilines is 1. The van der Waals surface area contributed by atoms with Crippen molar-refractivity contribution in [2.24, 2.45) is 5.10 Å². The molecule has 26 heavy (non-hydrogen) atoms. The minimum absolute atomic E-state index is 0.598. The van der Waals surface area contributed by atoms with E-state index in [1.54, 1.807) is 6.21 Å². The van der Waals surface area contributed by atoms with Crippen LogP contribution in [-0.4, -0.2) is 29.4 Å². The Bertz CT molecular complexity index is 840. The molecule has 136 valence electrons. The van der Waals surface area contributed by atoms with Crippen molar-refractivity contribution in [3.05, 3.63) is 48.0 Å². The summed E-state index contributed by atoms with van der Waals surface area (Å²) in [5.74, 6) is 2.16. The highest BCUT2D eigenvalue weighted by atomic mass is 16.5. The number of nitrogens with one attached hydrogen (secondary N) is 2. The van der Waals surface area contributed by atoms with Gasteiger partial charge in [-0.3, -0.25) is 0 Å². The molecule has 3 aromatic rings. The van der Waals surface area contributed by atoms with Crippen LogP contribution < -0.4 is 14.9 Å². The third-order valence-electron chi connectivity index (χ3n) is 3.68. The number of fused-ring (bicyclic) bond motifs is 1. The lowest BCUT2D eigenvalue weighted by Gasteiger charge is -2.11. The average molecular weight is 352 g/mol. The molecule has 0 atom stereocenters. The molecule has 1 heterocycles. The Hall–Kier alpha value is -3.02. The van der Waals surface area contributed by atoms with E-state index in [1.807, 2.05) is 42.5 Å². The minimum atomic E-state index is 0.598. The number of aromatic nitrogens is 2. The van der Waals surface area contributed by atoms with Gasteiger partial charge in [-0.25, -0.2) is 10.4 Å². The van der Waals surface area contributed by atoms with Crippen LogP contribution in [0.5, 0.6) is 11.5 Å². The monoisotopic (exact) mass is 352 g/mol. The first-order valence-electron chi connectivity index (χ1n) is 8.93. The maximum Gasteiger partial charge on any atom is 0.222 e. The molecule has 2 N–H and O–H groups in total. The SMILES string of the molecule is CCCOc1ccc(C=NNc2nc3ccccc3[nH]2)c(OCCC)c1. The van der Waals surface area contributed by atoms with E-state index in [0.29, 0.717) is 19.2 Å². The number of para-hydroxylation sites is 2. The second-order valence-corrected chi connectivity index (χ2v) is 5.87. The summed E-state index contributed by atoms with van der Waals surface area (Å²) >= 11 is 0. The first-order valence-corrected chi connectivity index (χ1v) is 8.93. The van der Waals surface area contributed by atoms with Crippen LogP contribution in [-0.2, 0) is 0 Å². The van der Waals surface area contributed by atoms with Gasteiger partial charge < -0.3 is 14.5 Å². The Morgan fingerprint density at radius 1 is 1.08 bits per heavy atom. The minimum Gasteiger partial charge on any atom is -0.493 e. The summed E-state index contributed by atoms with van der Waals surface area (Å²) in [4.78, 5) is 7.61. The summed E-state index contributed by atoms with van der Waals surface area (Å²) in [5, 5.41) is 4.28. The van der Waals surface area contributed by atoms with E-state index in [4.69, 9.17) is 9.47 Å². The van der Waals surface area contributed by atoms with E-state index >= 15 is 0 Å². The van der Waals surface area contributed by atoms with Gasteiger partial charge in [-0.2, -0.15) is 5.10 Å². The largest absolute Gasteiger partial charge is 0.493 e. The van der Waals surface area contributed by atoms with E-state index in [-0.39, 0.29) is 0 Å². The van der Waals surface area contributed by atoms with E-state index in [2.05, 4.69) is 34.3 Å². The van der Waals surface area contributed by atoms with Gasteiger partial charge in [0.15, 0.2) is 0 Å². The first kappa shape index (κ1) is 17.8. The highest BCUT2D eigenvalue weighted by Gasteiger charge is 2.05. The van der Waals surface area contributed by atoms with Crippen molar-refractivity contribution in [2.45, 2.75) is 26.7 Å². The maximum absolute atomic E-state index is 5.84. The van der Waals surface area contributed by atoms with Crippen LogP contribution in [0.2, 0.25) is 0 Å². The van der Waals surface area contributed by atoms with Crippen molar-refractivity contribution < 1.29 is 9.47 Å². The van der Waals surface area contributed by atoms with Crippen LogP contribution in [0.1, 0.15) is 32.3 Å². The molecule has 0 bridgehead atoms. The molecule has 0 saturated carbocycles. The van der Waals surface area contributed by atoms with Crippen molar-refractivity contribution in [3.63, 3.8) is 0 Å². The van der Waals surface area contributed by atoms with Crippen molar-refractivity contribution in [1.82, 2.24) is 9.97 Å². The topological polar surface area (TPSA) is 71.5 Å². The van der Waals surface area contributed by atoms with Crippen LogP contribution in [0.25, 0.3) is 11.0 Å². The Labute approximate surface area is 153 Å². The maximum atomic E-state index is 5.84. The fourth-order valence-corrected chi connectivity index (χ4v) is 2.44. The zero-order valence-electron chi connectivity index (χ0n) is 15.2. The van der Waals surface area contributed by atoms with Gasteiger partial charge in [-0.15, -0.1) is 0 Å². The van der Waals surface area contributed by atoms with Crippen LogP contribution in [0.15, 0.2) is 47.6 Å². The second-order valence-electron chi connectivity index (χ2n) is 5.87. The molecule has 0 spiro atoms. The Morgan fingerprint density at radius 3 is 2.69 bits per heavy atom. The molecule has 0 fully saturated rings. The van der Waals surface area contributed by atoms with E-state index in [1.165, 1.54) is 0 Å². The van der Waals surface area contributed by atoms with Crippen molar-refractivity contribution >= 4 is 23.2 Å². The first-order chi connectivity index (χ1) is 12.8. The Balaban J connectivity index is 1.72.